The van der Waals surface area contributed by atoms with Gasteiger partial charge in [0.2, 0.25) is 0 Å². The van der Waals surface area contributed by atoms with Crippen molar-refractivity contribution < 1.29 is 18.4 Å². The zero-order valence-corrected chi connectivity index (χ0v) is 25.1. The van der Waals surface area contributed by atoms with Gasteiger partial charge < -0.3 is 24.5 Å². The lowest BCUT2D eigenvalue weighted by Crippen LogP contribution is -2.41. The molecule has 1 heterocycles. The first-order chi connectivity index (χ1) is 16.8. The summed E-state index contributed by atoms with van der Waals surface area (Å²) < 4.78 is 36.0. The number of hydrogen-bond donors (Lipinski definition) is 2. The van der Waals surface area contributed by atoms with E-state index in [9.17, 15) is 4.21 Å². The molecule has 3 N–H and O–H groups in total. The lowest BCUT2D eigenvalue weighted by atomic mass is 10.1. The van der Waals surface area contributed by atoms with E-state index < -0.39 is 23.8 Å². The number of methoxy groups -OCH3 is 1. The van der Waals surface area contributed by atoms with Gasteiger partial charge in [-0.05, 0) is 64.3 Å². The van der Waals surface area contributed by atoms with E-state index in [0.717, 1.165) is 41.3 Å². The predicted octanol–water partition coefficient (Wildman–Crippen LogP) is 4.66. The molecule has 0 radical (unpaired) electrons. The number of hydrogen-bond acceptors (Lipinski definition) is 6. The molecular formula is C26H46N4O4SSi. The maximum Gasteiger partial charge on any atom is 0.132 e. The van der Waals surface area contributed by atoms with Gasteiger partial charge in [-0.25, -0.2) is 13.9 Å². The van der Waals surface area contributed by atoms with Gasteiger partial charge in [-0.2, -0.15) is 0 Å². The number of nitrogens with one attached hydrogen (secondary N) is 1. The van der Waals surface area contributed by atoms with Crippen molar-refractivity contribution in [1.82, 2.24) is 14.3 Å². The average molecular weight is 539 g/mol. The molecule has 36 heavy (non-hydrogen) atoms. The van der Waals surface area contributed by atoms with Gasteiger partial charge in [0.1, 0.15) is 18.6 Å². The molecule has 1 aromatic carbocycles. The summed E-state index contributed by atoms with van der Waals surface area (Å²) in [5.41, 5.74) is 9.06. The first-order valence-electron chi connectivity index (χ1n) is 13.0. The fourth-order valence-electron chi connectivity index (χ4n) is 3.82. The summed E-state index contributed by atoms with van der Waals surface area (Å²) in [5, 5.41) is 0. The highest BCUT2D eigenvalue weighted by molar-refractivity contribution is 7.84. The third kappa shape index (κ3) is 8.18. The molecule has 0 amide bonds. The average Bonchev–Trinajstić information content (AvgIpc) is 3.52. The molecule has 1 aliphatic carbocycles. The lowest BCUT2D eigenvalue weighted by Gasteiger charge is -2.28. The van der Waals surface area contributed by atoms with Crippen molar-refractivity contribution >= 4 is 30.1 Å². The fourth-order valence-corrected chi connectivity index (χ4v) is 5.45. The SMILES string of the molecule is COC[C@@H](N)c1ccc2c(c1)nc([C@@H](NS(=O)C(C)(C)C)[C@@H](C)OC1CC1)n2COCC[Si](C)(C)C. The minimum atomic E-state index is -1.30. The molecule has 1 fully saturated rings. The third-order valence-electron chi connectivity index (χ3n) is 6.26. The fraction of sp³-hybridized carbons (Fsp3) is 0.731. The van der Waals surface area contributed by atoms with Crippen LogP contribution in [0.1, 0.15) is 64.0 Å². The van der Waals surface area contributed by atoms with Crippen molar-refractivity contribution in [1.29, 1.82) is 0 Å². The standard InChI is InChI=1S/C26H46N4O4SSi/c1-18(34-20-10-11-20)24(29-35(31)26(2,3)4)25-28-22-15-19(21(27)16-32-5)9-12-23(22)30(25)17-33-13-14-36(6,7)8/h9,12,15,18,20-21,24,29H,10-11,13-14,16-17,27H2,1-8H3/t18-,21-,24+,35?/m1/s1. The second-order valence-electron chi connectivity index (χ2n) is 12.1. The number of nitrogens with two attached hydrogens (primary N) is 1. The normalized spacial score (nSPS) is 18.4. The van der Waals surface area contributed by atoms with E-state index in [0.29, 0.717) is 19.9 Å². The van der Waals surface area contributed by atoms with Crippen LogP contribution in [-0.2, 0) is 31.9 Å². The predicted molar refractivity (Wildman–Crippen MR) is 150 cm³/mol. The maximum absolute atomic E-state index is 13.2. The number of fused-ring (bicyclic) bond motifs is 1. The molecule has 1 aromatic heterocycles. The summed E-state index contributed by atoms with van der Waals surface area (Å²) in [6.45, 7) is 16.5. The van der Waals surface area contributed by atoms with Gasteiger partial charge >= 0.3 is 0 Å². The molecule has 0 bridgehead atoms. The molecule has 3 rings (SSSR count). The summed E-state index contributed by atoms with van der Waals surface area (Å²) in [6, 6.07) is 6.57. The lowest BCUT2D eigenvalue weighted by molar-refractivity contribution is 0.0258. The van der Waals surface area contributed by atoms with Gasteiger partial charge in [0.15, 0.2) is 0 Å². The van der Waals surface area contributed by atoms with Crippen LogP contribution in [0.3, 0.4) is 0 Å². The first kappa shape index (κ1) is 29.4. The van der Waals surface area contributed by atoms with Crippen molar-refractivity contribution in [3.05, 3.63) is 29.6 Å². The van der Waals surface area contributed by atoms with Crippen molar-refractivity contribution in [3.8, 4) is 0 Å². The maximum atomic E-state index is 13.2. The summed E-state index contributed by atoms with van der Waals surface area (Å²) in [5.74, 6) is 0.765. The van der Waals surface area contributed by atoms with Gasteiger partial charge in [-0.3, -0.25) is 0 Å². The van der Waals surface area contributed by atoms with Crippen molar-refractivity contribution in [2.75, 3.05) is 20.3 Å². The van der Waals surface area contributed by atoms with Crippen molar-refractivity contribution in [3.63, 3.8) is 0 Å². The Morgan fingerprint density at radius 3 is 2.56 bits per heavy atom. The van der Waals surface area contributed by atoms with Crippen LogP contribution in [0.2, 0.25) is 25.7 Å². The summed E-state index contributed by atoms with van der Waals surface area (Å²) in [7, 11) is -0.870. The second-order valence-corrected chi connectivity index (χ2v) is 19.7. The van der Waals surface area contributed by atoms with E-state index >= 15 is 0 Å². The second kappa shape index (κ2) is 12.1. The van der Waals surface area contributed by atoms with Gasteiger partial charge in [-0.15, -0.1) is 0 Å². The van der Waals surface area contributed by atoms with Crippen LogP contribution in [0.25, 0.3) is 11.0 Å². The number of rotatable bonds is 14. The minimum absolute atomic E-state index is 0.212. The van der Waals surface area contributed by atoms with E-state index in [1.165, 1.54) is 0 Å². The van der Waals surface area contributed by atoms with Crippen molar-refractivity contribution in [2.24, 2.45) is 5.73 Å². The van der Waals surface area contributed by atoms with Crippen LogP contribution in [0.4, 0.5) is 0 Å². The van der Waals surface area contributed by atoms with Gasteiger partial charge in [0.25, 0.3) is 0 Å². The highest BCUT2D eigenvalue weighted by Crippen LogP contribution is 2.32. The molecule has 4 atom stereocenters. The Kier molecular flexibility index (Phi) is 9.92. The summed E-state index contributed by atoms with van der Waals surface area (Å²) in [6.07, 6.45) is 2.18. The van der Waals surface area contributed by atoms with E-state index in [2.05, 4.69) is 28.9 Å². The Morgan fingerprint density at radius 2 is 1.97 bits per heavy atom. The monoisotopic (exact) mass is 538 g/mol. The zero-order chi connectivity index (χ0) is 26.7. The largest absolute Gasteiger partial charge is 0.383 e. The molecular weight excluding hydrogens is 492 g/mol. The van der Waals surface area contributed by atoms with E-state index in [1.807, 2.05) is 45.9 Å². The Bertz CT molecular complexity index is 1030. The smallest absolute Gasteiger partial charge is 0.132 e. The number of ether oxygens (including phenoxy) is 3. The van der Waals surface area contributed by atoms with Gasteiger partial charge in [0, 0.05) is 21.8 Å². The number of benzene rings is 1. The quantitative estimate of drug-likeness (QED) is 0.268. The molecule has 0 aliphatic heterocycles. The van der Waals surface area contributed by atoms with Crippen LogP contribution in [-0.4, -0.2) is 59.1 Å². The van der Waals surface area contributed by atoms with Crippen LogP contribution in [0.5, 0.6) is 0 Å². The molecule has 204 valence electrons. The van der Waals surface area contributed by atoms with Crippen LogP contribution >= 0.6 is 0 Å². The summed E-state index contributed by atoms with van der Waals surface area (Å²) >= 11 is 0. The minimum Gasteiger partial charge on any atom is -0.383 e. The highest BCUT2D eigenvalue weighted by atomic mass is 32.2. The van der Waals surface area contributed by atoms with Gasteiger partial charge in [0.05, 0.1) is 51.6 Å². The van der Waals surface area contributed by atoms with E-state index in [1.54, 1.807) is 7.11 Å². The third-order valence-corrected chi connectivity index (χ3v) is 9.55. The zero-order valence-electron chi connectivity index (χ0n) is 23.3. The van der Waals surface area contributed by atoms with Crippen LogP contribution < -0.4 is 10.5 Å². The molecule has 0 spiro atoms. The molecule has 1 aliphatic rings. The van der Waals surface area contributed by atoms with Crippen LogP contribution in [0.15, 0.2) is 18.2 Å². The number of aromatic nitrogens is 2. The van der Waals surface area contributed by atoms with Crippen molar-refractivity contribution in [2.45, 2.75) is 102 Å². The Balaban J connectivity index is 2.01. The Hall–Kier alpha value is -1.14. The molecule has 8 nitrogen and oxygen atoms in total. The summed E-state index contributed by atoms with van der Waals surface area (Å²) in [4.78, 5) is 5.05. The molecule has 10 heteroatoms. The first-order valence-corrected chi connectivity index (χ1v) is 17.8. The number of nitrogens with zero attached hydrogens (tertiary/aromatic N) is 2. The highest BCUT2D eigenvalue weighted by Gasteiger charge is 2.35. The van der Waals surface area contributed by atoms with Crippen LogP contribution in [0, 0.1) is 0 Å². The Morgan fingerprint density at radius 1 is 1.28 bits per heavy atom. The Labute approximate surface area is 220 Å². The number of imidazole rings is 1. The molecule has 1 unspecified atom stereocenters. The van der Waals surface area contributed by atoms with E-state index in [-0.39, 0.29) is 24.3 Å². The topological polar surface area (TPSA) is 101 Å². The molecule has 2 aromatic rings. The molecule has 0 saturated heterocycles. The van der Waals surface area contributed by atoms with E-state index in [4.69, 9.17) is 24.9 Å². The molecule has 1 saturated carbocycles. The van der Waals surface area contributed by atoms with Gasteiger partial charge in [-0.1, -0.05) is 25.7 Å².